The highest BCUT2D eigenvalue weighted by Crippen LogP contribution is 2.51. The number of nitrogens with two attached hydrogens (primary N) is 2. The van der Waals surface area contributed by atoms with Crippen molar-refractivity contribution >= 4 is 23.5 Å². The maximum absolute atomic E-state index is 12.7. The largest absolute Gasteiger partial charge is 0.370 e. The van der Waals surface area contributed by atoms with Crippen molar-refractivity contribution in [3.63, 3.8) is 0 Å². The van der Waals surface area contributed by atoms with Gasteiger partial charge in [-0.3, -0.25) is 14.5 Å². The molecule has 2 aliphatic heterocycles. The average Bonchev–Trinajstić information content (AvgIpc) is 3.07. The van der Waals surface area contributed by atoms with Crippen molar-refractivity contribution in [3.05, 3.63) is 29.8 Å². The Balaban J connectivity index is 1.62. The Morgan fingerprint density at radius 3 is 2.40 bits per heavy atom. The molecular weight excluding hydrogens is 320 g/mol. The number of benzene rings is 1. The lowest BCUT2D eigenvalue weighted by atomic mass is 9.92. The molecule has 3 aliphatic rings. The molecule has 2 heterocycles. The molecule has 7 nitrogen and oxygen atoms in total. The van der Waals surface area contributed by atoms with Gasteiger partial charge in [0.05, 0.1) is 6.04 Å². The summed E-state index contributed by atoms with van der Waals surface area (Å²) in [7, 11) is 0. The van der Waals surface area contributed by atoms with Crippen LogP contribution < -0.4 is 16.4 Å². The number of hydrogen-bond acceptors (Lipinski definition) is 3. The van der Waals surface area contributed by atoms with Crippen molar-refractivity contribution in [2.45, 2.75) is 49.6 Å². The SMILES string of the molecule is NC(=O)CC1(c2ccc(N3C(=O)N4CCC[C@@H]4C3C(N)=O)cc2)CC1. The standard InChI is InChI=1S/C18H22N4O3/c19-14(23)10-18(7-8-18)11-3-5-12(6-4-11)22-15(16(20)24)13-2-1-9-21(13)17(22)25/h3-6,13,15H,1-2,7-10H2,(H2,19,23)(H2,20,24)/t13-,15?/m1/s1. The van der Waals surface area contributed by atoms with Crippen LogP contribution in [0.15, 0.2) is 24.3 Å². The van der Waals surface area contributed by atoms with E-state index < -0.39 is 11.9 Å². The van der Waals surface area contributed by atoms with Gasteiger partial charge in [0.1, 0.15) is 6.04 Å². The number of urea groups is 1. The third-order valence-corrected chi connectivity index (χ3v) is 5.81. The number of rotatable bonds is 5. The van der Waals surface area contributed by atoms with Crippen molar-refractivity contribution in [2.75, 3.05) is 11.4 Å². The molecule has 1 unspecified atom stereocenters. The van der Waals surface area contributed by atoms with Crippen LogP contribution in [0.25, 0.3) is 0 Å². The molecule has 1 aromatic carbocycles. The third-order valence-electron chi connectivity index (χ3n) is 5.81. The topological polar surface area (TPSA) is 110 Å². The minimum Gasteiger partial charge on any atom is -0.370 e. The van der Waals surface area contributed by atoms with E-state index in [-0.39, 0.29) is 23.4 Å². The molecule has 1 aromatic rings. The summed E-state index contributed by atoms with van der Waals surface area (Å²) in [5.74, 6) is -0.773. The minimum absolute atomic E-state index is 0.130. The summed E-state index contributed by atoms with van der Waals surface area (Å²) in [6.07, 6.45) is 3.93. The Kier molecular flexibility index (Phi) is 3.49. The van der Waals surface area contributed by atoms with Crippen LogP contribution in [-0.2, 0) is 15.0 Å². The summed E-state index contributed by atoms with van der Waals surface area (Å²) in [6, 6.07) is 6.63. The Morgan fingerprint density at radius 1 is 1.16 bits per heavy atom. The molecule has 132 valence electrons. The first-order valence-electron chi connectivity index (χ1n) is 8.71. The van der Waals surface area contributed by atoms with Gasteiger partial charge in [-0.2, -0.15) is 0 Å². The van der Waals surface area contributed by atoms with Gasteiger partial charge < -0.3 is 16.4 Å². The van der Waals surface area contributed by atoms with Crippen molar-refractivity contribution in [1.29, 1.82) is 0 Å². The molecule has 2 saturated heterocycles. The van der Waals surface area contributed by atoms with Crippen LogP contribution in [-0.4, -0.2) is 41.4 Å². The van der Waals surface area contributed by atoms with E-state index in [2.05, 4.69) is 0 Å². The smallest absolute Gasteiger partial charge is 0.325 e. The van der Waals surface area contributed by atoms with Crippen molar-refractivity contribution in [1.82, 2.24) is 4.90 Å². The van der Waals surface area contributed by atoms with Crippen LogP contribution in [0.5, 0.6) is 0 Å². The highest BCUT2D eigenvalue weighted by Gasteiger charge is 2.51. The molecule has 4 amide bonds. The molecule has 4 rings (SSSR count). The quantitative estimate of drug-likeness (QED) is 0.827. The first kappa shape index (κ1) is 15.9. The van der Waals surface area contributed by atoms with Gasteiger partial charge in [0.15, 0.2) is 0 Å². The molecule has 2 atom stereocenters. The van der Waals surface area contributed by atoms with Gasteiger partial charge in [-0.15, -0.1) is 0 Å². The van der Waals surface area contributed by atoms with Crippen LogP contribution in [0.2, 0.25) is 0 Å². The second-order valence-electron chi connectivity index (χ2n) is 7.37. The maximum Gasteiger partial charge on any atom is 0.325 e. The van der Waals surface area contributed by atoms with Gasteiger partial charge in [-0.25, -0.2) is 4.79 Å². The summed E-state index contributed by atoms with van der Waals surface area (Å²) in [6.45, 7) is 0.670. The second-order valence-corrected chi connectivity index (χ2v) is 7.37. The zero-order valence-corrected chi connectivity index (χ0v) is 14.0. The van der Waals surface area contributed by atoms with Gasteiger partial charge in [-0.05, 0) is 43.4 Å². The fraction of sp³-hybridized carbons (Fsp3) is 0.500. The molecule has 7 heteroatoms. The number of fused-ring (bicyclic) bond motifs is 1. The van der Waals surface area contributed by atoms with E-state index in [9.17, 15) is 14.4 Å². The minimum atomic E-state index is -0.624. The molecule has 0 spiro atoms. The monoisotopic (exact) mass is 342 g/mol. The van der Waals surface area contributed by atoms with Crippen LogP contribution in [0, 0.1) is 0 Å². The number of hydrogen-bond donors (Lipinski definition) is 2. The fourth-order valence-corrected chi connectivity index (χ4v) is 4.40. The van der Waals surface area contributed by atoms with E-state index in [0.29, 0.717) is 18.7 Å². The lowest BCUT2D eigenvalue weighted by Gasteiger charge is -2.24. The average molecular weight is 342 g/mol. The van der Waals surface area contributed by atoms with Crippen molar-refractivity contribution in [3.8, 4) is 0 Å². The summed E-state index contributed by atoms with van der Waals surface area (Å²) in [5.41, 5.74) is 12.5. The summed E-state index contributed by atoms with van der Waals surface area (Å²) < 4.78 is 0. The van der Waals surface area contributed by atoms with Crippen molar-refractivity contribution in [2.24, 2.45) is 11.5 Å². The Bertz CT molecular complexity index is 741. The highest BCUT2D eigenvalue weighted by atomic mass is 16.2. The first-order valence-corrected chi connectivity index (χ1v) is 8.71. The van der Waals surface area contributed by atoms with Crippen LogP contribution >= 0.6 is 0 Å². The number of amides is 4. The van der Waals surface area contributed by atoms with Gasteiger partial charge >= 0.3 is 6.03 Å². The summed E-state index contributed by atoms with van der Waals surface area (Å²) in [4.78, 5) is 39.3. The normalized spacial score (nSPS) is 26.6. The van der Waals surface area contributed by atoms with Crippen LogP contribution in [0.4, 0.5) is 10.5 Å². The van der Waals surface area contributed by atoms with E-state index in [1.165, 1.54) is 4.90 Å². The van der Waals surface area contributed by atoms with E-state index in [1.807, 2.05) is 24.3 Å². The number of carbonyl (C=O) groups excluding carboxylic acids is 3. The third kappa shape index (κ3) is 2.45. The number of nitrogens with zero attached hydrogens (tertiary/aromatic N) is 2. The lowest BCUT2D eigenvalue weighted by molar-refractivity contribution is -0.120. The maximum atomic E-state index is 12.7. The van der Waals surface area contributed by atoms with Crippen LogP contribution in [0.3, 0.4) is 0 Å². The second kappa shape index (κ2) is 5.47. The molecular formula is C18H22N4O3. The number of carbonyl (C=O) groups is 3. The Labute approximate surface area is 145 Å². The Hall–Kier alpha value is -2.57. The molecule has 0 aromatic heterocycles. The van der Waals surface area contributed by atoms with Gasteiger partial charge in [0, 0.05) is 24.1 Å². The molecule has 4 N–H and O–H groups in total. The lowest BCUT2D eigenvalue weighted by Crippen LogP contribution is -2.46. The predicted octanol–water partition coefficient (Wildman–Crippen LogP) is 0.852. The number of anilines is 1. The van der Waals surface area contributed by atoms with Crippen LogP contribution in [0.1, 0.15) is 37.7 Å². The van der Waals surface area contributed by atoms with Crippen molar-refractivity contribution < 1.29 is 14.4 Å². The van der Waals surface area contributed by atoms with Gasteiger partial charge in [0.2, 0.25) is 11.8 Å². The number of primary amides is 2. The van der Waals surface area contributed by atoms with E-state index in [1.54, 1.807) is 4.90 Å². The molecule has 1 aliphatic carbocycles. The summed E-state index contributed by atoms with van der Waals surface area (Å²) >= 11 is 0. The van der Waals surface area contributed by atoms with Gasteiger partial charge in [-0.1, -0.05) is 12.1 Å². The highest BCUT2D eigenvalue weighted by molar-refractivity contribution is 6.03. The molecule has 0 bridgehead atoms. The first-order chi connectivity index (χ1) is 11.9. The summed E-state index contributed by atoms with van der Waals surface area (Å²) in [5, 5.41) is 0. The zero-order chi connectivity index (χ0) is 17.8. The molecule has 3 fully saturated rings. The molecule has 1 saturated carbocycles. The fourth-order valence-electron chi connectivity index (χ4n) is 4.40. The molecule has 25 heavy (non-hydrogen) atoms. The van der Waals surface area contributed by atoms with E-state index in [0.717, 1.165) is 31.2 Å². The molecule has 0 radical (unpaired) electrons. The van der Waals surface area contributed by atoms with E-state index >= 15 is 0 Å². The van der Waals surface area contributed by atoms with E-state index in [4.69, 9.17) is 11.5 Å². The Morgan fingerprint density at radius 2 is 1.84 bits per heavy atom. The van der Waals surface area contributed by atoms with Gasteiger partial charge in [0.25, 0.3) is 0 Å². The predicted molar refractivity (Wildman–Crippen MR) is 91.8 cm³/mol. The zero-order valence-electron chi connectivity index (χ0n) is 14.0.